The first-order chi connectivity index (χ1) is 7.95. The third-order valence-corrected chi connectivity index (χ3v) is 3.89. The van der Waals surface area contributed by atoms with E-state index in [2.05, 4.69) is 20.8 Å². The third-order valence-electron chi connectivity index (χ3n) is 3.89. The van der Waals surface area contributed by atoms with Gasteiger partial charge in [-0.25, -0.2) is 0 Å². The highest BCUT2D eigenvalue weighted by molar-refractivity contribution is 4.77. The van der Waals surface area contributed by atoms with E-state index in [-0.39, 0.29) is 12.0 Å². The Morgan fingerprint density at radius 3 is 2.00 bits per heavy atom. The second kappa shape index (κ2) is 8.10. The molecular formula is C15H32O2. The van der Waals surface area contributed by atoms with Crippen LogP contribution in [-0.4, -0.2) is 24.9 Å². The summed E-state index contributed by atoms with van der Waals surface area (Å²) in [6, 6.07) is 0. The van der Waals surface area contributed by atoms with Crippen molar-refractivity contribution in [3.63, 3.8) is 0 Å². The highest BCUT2D eigenvalue weighted by Gasteiger charge is 2.27. The zero-order valence-corrected chi connectivity index (χ0v) is 12.5. The standard InChI is InChI=1S/C15H32O2/c1-6-9-10-15(7-2,8-3)13-17-12-14(4,5)11-16/h16H,6-13H2,1-5H3. The fraction of sp³-hybridized carbons (Fsp3) is 1.00. The lowest BCUT2D eigenvalue weighted by Gasteiger charge is -2.33. The molecule has 0 fully saturated rings. The molecule has 0 aliphatic carbocycles. The first-order valence-corrected chi connectivity index (χ1v) is 7.14. The van der Waals surface area contributed by atoms with Gasteiger partial charge in [0.1, 0.15) is 0 Å². The molecule has 0 saturated heterocycles. The average molecular weight is 244 g/mol. The molecule has 0 aliphatic rings. The molecule has 0 amide bonds. The molecule has 0 atom stereocenters. The summed E-state index contributed by atoms with van der Waals surface area (Å²) in [5.74, 6) is 0. The van der Waals surface area contributed by atoms with Gasteiger partial charge in [0.15, 0.2) is 0 Å². The van der Waals surface area contributed by atoms with Crippen LogP contribution < -0.4 is 0 Å². The molecule has 0 saturated carbocycles. The molecule has 0 unspecified atom stereocenters. The van der Waals surface area contributed by atoms with Crippen LogP contribution in [0.5, 0.6) is 0 Å². The second-order valence-electron chi connectivity index (χ2n) is 6.13. The molecule has 0 aromatic heterocycles. The van der Waals surface area contributed by atoms with Crippen LogP contribution in [0.1, 0.15) is 66.7 Å². The molecule has 2 nitrogen and oxygen atoms in total. The Bertz CT molecular complexity index is 183. The van der Waals surface area contributed by atoms with Gasteiger partial charge in [-0.3, -0.25) is 0 Å². The van der Waals surface area contributed by atoms with Crippen molar-refractivity contribution in [2.24, 2.45) is 10.8 Å². The van der Waals surface area contributed by atoms with E-state index in [0.717, 1.165) is 6.61 Å². The minimum atomic E-state index is -0.113. The van der Waals surface area contributed by atoms with Crippen LogP contribution in [0.4, 0.5) is 0 Å². The van der Waals surface area contributed by atoms with Crippen LogP contribution in [-0.2, 0) is 4.74 Å². The summed E-state index contributed by atoms with van der Waals surface area (Å²) >= 11 is 0. The van der Waals surface area contributed by atoms with Crippen molar-refractivity contribution in [3.8, 4) is 0 Å². The normalized spacial score (nSPS) is 13.1. The van der Waals surface area contributed by atoms with E-state index in [1.807, 2.05) is 13.8 Å². The fourth-order valence-electron chi connectivity index (χ4n) is 2.02. The molecule has 0 radical (unpaired) electrons. The van der Waals surface area contributed by atoms with Crippen molar-refractivity contribution in [2.45, 2.75) is 66.7 Å². The quantitative estimate of drug-likeness (QED) is 0.629. The molecule has 0 rings (SSSR count). The first-order valence-electron chi connectivity index (χ1n) is 7.14. The van der Waals surface area contributed by atoms with E-state index < -0.39 is 0 Å². The van der Waals surface area contributed by atoms with Crippen LogP contribution in [0.15, 0.2) is 0 Å². The van der Waals surface area contributed by atoms with E-state index >= 15 is 0 Å². The summed E-state index contributed by atoms with van der Waals surface area (Å²) in [4.78, 5) is 0. The summed E-state index contributed by atoms with van der Waals surface area (Å²) < 4.78 is 5.87. The van der Waals surface area contributed by atoms with Gasteiger partial charge >= 0.3 is 0 Å². The lowest BCUT2D eigenvalue weighted by atomic mass is 9.78. The van der Waals surface area contributed by atoms with Gasteiger partial charge in [-0.1, -0.05) is 47.5 Å². The van der Waals surface area contributed by atoms with Gasteiger partial charge in [-0.15, -0.1) is 0 Å². The Morgan fingerprint density at radius 2 is 1.59 bits per heavy atom. The SMILES string of the molecule is CCCCC(CC)(CC)COCC(C)(C)CO. The van der Waals surface area contributed by atoms with Crippen LogP contribution in [0.25, 0.3) is 0 Å². The second-order valence-corrected chi connectivity index (χ2v) is 6.13. The molecule has 0 aromatic rings. The molecule has 0 bridgehead atoms. The molecular weight excluding hydrogens is 212 g/mol. The number of aliphatic hydroxyl groups is 1. The molecule has 0 aromatic carbocycles. The van der Waals surface area contributed by atoms with Gasteiger partial charge in [0.05, 0.1) is 19.8 Å². The number of rotatable bonds is 10. The fourth-order valence-corrected chi connectivity index (χ4v) is 2.02. The van der Waals surface area contributed by atoms with E-state index in [1.54, 1.807) is 0 Å². The predicted octanol–water partition coefficient (Wildman–Crippen LogP) is 4.02. The lowest BCUT2D eigenvalue weighted by molar-refractivity contribution is -0.0216. The van der Waals surface area contributed by atoms with Crippen molar-refractivity contribution in [1.82, 2.24) is 0 Å². The van der Waals surface area contributed by atoms with Crippen molar-refractivity contribution in [2.75, 3.05) is 19.8 Å². The Labute approximate surface area is 108 Å². The maximum atomic E-state index is 9.20. The van der Waals surface area contributed by atoms with Gasteiger partial charge < -0.3 is 9.84 Å². The van der Waals surface area contributed by atoms with E-state index in [4.69, 9.17) is 4.74 Å². The molecule has 0 heterocycles. The maximum absolute atomic E-state index is 9.20. The predicted molar refractivity (Wildman–Crippen MR) is 74.2 cm³/mol. The Morgan fingerprint density at radius 1 is 1.00 bits per heavy atom. The smallest absolute Gasteiger partial charge is 0.0539 e. The van der Waals surface area contributed by atoms with Crippen molar-refractivity contribution in [1.29, 1.82) is 0 Å². The number of unbranched alkanes of at least 4 members (excludes halogenated alkanes) is 1. The van der Waals surface area contributed by atoms with Crippen LogP contribution in [0.2, 0.25) is 0 Å². The van der Waals surface area contributed by atoms with E-state index in [0.29, 0.717) is 12.0 Å². The lowest BCUT2D eigenvalue weighted by Crippen LogP contribution is -2.30. The summed E-state index contributed by atoms with van der Waals surface area (Å²) in [6.45, 7) is 12.5. The summed E-state index contributed by atoms with van der Waals surface area (Å²) in [7, 11) is 0. The van der Waals surface area contributed by atoms with E-state index in [9.17, 15) is 5.11 Å². The summed E-state index contributed by atoms with van der Waals surface area (Å²) in [6.07, 6.45) is 6.17. The van der Waals surface area contributed by atoms with Crippen LogP contribution in [0, 0.1) is 10.8 Å². The number of hydrogen-bond acceptors (Lipinski definition) is 2. The first kappa shape index (κ1) is 16.9. The highest BCUT2D eigenvalue weighted by Crippen LogP contribution is 2.33. The van der Waals surface area contributed by atoms with Crippen LogP contribution in [0.3, 0.4) is 0 Å². The molecule has 104 valence electrons. The monoisotopic (exact) mass is 244 g/mol. The summed E-state index contributed by atoms with van der Waals surface area (Å²) in [5, 5.41) is 9.20. The number of aliphatic hydroxyl groups excluding tert-OH is 1. The molecule has 17 heavy (non-hydrogen) atoms. The Balaban J connectivity index is 4.16. The van der Waals surface area contributed by atoms with Crippen molar-refractivity contribution < 1.29 is 9.84 Å². The van der Waals surface area contributed by atoms with Gasteiger partial charge in [-0.05, 0) is 24.7 Å². The van der Waals surface area contributed by atoms with Crippen molar-refractivity contribution in [3.05, 3.63) is 0 Å². The van der Waals surface area contributed by atoms with E-state index in [1.165, 1.54) is 32.1 Å². The van der Waals surface area contributed by atoms with Gasteiger partial charge in [0.2, 0.25) is 0 Å². The largest absolute Gasteiger partial charge is 0.396 e. The maximum Gasteiger partial charge on any atom is 0.0539 e. The Hall–Kier alpha value is -0.0800. The Kier molecular flexibility index (Phi) is 8.06. The molecule has 2 heteroatoms. The highest BCUT2D eigenvalue weighted by atomic mass is 16.5. The minimum absolute atomic E-state index is 0.113. The zero-order valence-electron chi connectivity index (χ0n) is 12.5. The topological polar surface area (TPSA) is 29.5 Å². The minimum Gasteiger partial charge on any atom is -0.396 e. The molecule has 1 N–H and O–H groups in total. The summed E-state index contributed by atoms with van der Waals surface area (Å²) in [5.41, 5.74) is 0.236. The molecule has 0 aliphatic heterocycles. The van der Waals surface area contributed by atoms with Gasteiger partial charge in [0.25, 0.3) is 0 Å². The number of hydrogen-bond donors (Lipinski definition) is 1. The van der Waals surface area contributed by atoms with Crippen molar-refractivity contribution >= 4 is 0 Å². The van der Waals surface area contributed by atoms with Gasteiger partial charge in [0, 0.05) is 5.41 Å². The molecule has 0 spiro atoms. The zero-order chi connectivity index (χ0) is 13.4. The number of ether oxygens (including phenoxy) is 1. The average Bonchev–Trinajstić information content (AvgIpc) is 2.34. The van der Waals surface area contributed by atoms with Crippen LogP contribution >= 0.6 is 0 Å². The third kappa shape index (κ3) is 6.42. The van der Waals surface area contributed by atoms with Gasteiger partial charge in [-0.2, -0.15) is 0 Å².